The molecule has 1 aromatic rings. The number of hydrogen-bond donors (Lipinski definition) is 1. The van der Waals surface area contributed by atoms with Crippen LogP contribution < -0.4 is 0 Å². The van der Waals surface area contributed by atoms with Crippen LogP contribution >= 0.6 is 15.9 Å². The van der Waals surface area contributed by atoms with Gasteiger partial charge in [-0.2, -0.15) is 0 Å². The first-order chi connectivity index (χ1) is 7.25. The van der Waals surface area contributed by atoms with E-state index in [2.05, 4.69) is 15.9 Å². The van der Waals surface area contributed by atoms with E-state index in [-0.39, 0.29) is 0 Å². The Kier molecular flexibility index (Phi) is 3.68. The third-order valence-corrected chi connectivity index (χ3v) is 4.01. The maximum absolute atomic E-state index is 9.31. The maximum Gasteiger partial charge on any atom is 0.116 e. The SMILES string of the molecule is Oc1ccc(CC2CCCCC2)c(Br)c1. The topological polar surface area (TPSA) is 20.2 Å². The van der Waals surface area contributed by atoms with Crippen LogP contribution in [0.1, 0.15) is 37.7 Å². The van der Waals surface area contributed by atoms with Crippen molar-refractivity contribution in [1.29, 1.82) is 0 Å². The Hall–Kier alpha value is -0.500. The van der Waals surface area contributed by atoms with Crippen LogP contribution in [-0.2, 0) is 6.42 Å². The Bertz CT molecular complexity index is 329. The first-order valence-electron chi connectivity index (χ1n) is 5.73. The second kappa shape index (κ2) is 5.02. The van der Waals surface area contributed by atoms with Crippen LogP contribution in [0.25, 0.3) is 0 Å². The summed E-state index contributed by atoms with van der Waals surface area (Å²) < 4.78 is 1.05. The molecule has 1 fully saturated rings. The van der Waals surface area contributed by atoms with E-state index in [9.17, 15) is 5.11 Å². The molecule has 0 radical (unpaired) electrons. The van der Waals surface area contributed by atoms with E-state index in [0.717, 1.165) is 16.8 Å². The van der Waals surface area contributed by atoms with Crippen LogP contribution in [0.3, 0.4) is 0 Å². The molecule has 1 aromatic carbocycles. The molecule has 0 bridgehead atoms. The molecule has 0 aliphatic heterocycles. The van der Waals surface area contributed by atoms with Gasteiger partial charge in [-0.3, -0.25) is 0 Å². The second-order valence-electron chi connectivity index (χ2n) is 4.48. The van der Waals surface area contributed by atoms with E-state index in [1.165, 1.54) is 37.7 Å². The molecule has 0 unspecified atom stereocenters. The summed E-state index contributed by atoms with van der Waals surface area (Å²) in [5, 5.41) is 9.31. The molecule has 0 heterocycles. The number of halogens is 1. The Morgan fingerprint density at radius 2 is 1.93 bits per heavy atom. The first-order valence-corrected chi connectivity index (χ1v) is 6.52. The second-order valence-corrected chi connectivity index (χ2v) is 5.34. The fourth-order valence-electron chi connectivity index (χ4n) is 2.40. The lowest BCUT2D eigenvalue weighted by molar-refractivity contribution is 0.356. The largest absolute Gasteiger partial charge is 0.508 e. The van der Waals surface area contributed by atoms with Crippen molar-refractivity contribution in [3.63, 3.8) is 0 Å². The minimum absolute atomic E-state index is 0.342. The van der Waals surface area contributed by atoms with Gasteiger partial charge in [0.15, 0.2) is 0 Å². The van der Waals surface area contributed by atoms with Gasteiger partial charge in [0.25, 0.3) is 0 Å². The lowest BCUT2D eigenvalue weighted by Gasteiger charge is -2.22. The lowest BCUT2D eigenvalue weighted by atomic mass is 9.85. The van der Waals surface area contributed by atoms with E-state index in [1.807, 2.05) is 6.07 Å². The number of phenols is 1. The van der Waals surface area contributed by atoms with Crippen LogP contribution in [0.5, 0.6) is 5.75 Å². The van der Waals surface area contributed by atoms with Gasteiger partial charge in [-0.05, 0) is 30.0 Å². The average molecular weight is 269 g/mol. The molecule has 1 N–H and O–H groups in total. The number of rotatable bonds is 2. The third kappa shape index (κ3) is 2.97. The number of hydrogen-bond acceptors (Lipinski definition) is 1. The predicted molar refractivity (Wildman–Crippen MR) is 66.1 cm³/mol. The van der Waals surface area contributed by atoms with Crippen molar-refractivity contribution >= 4 is 15.9 Å². The molecule has 0 aromatic heterocycles. The highest BCUT2D eigenvalue weighted by Gasteiger charge is 2.15. The lowest BCUT2D eigenvalue weighted by Crippen LogP contribution is -2.09. The number of phenolic OH excluding ortho intramolecular Hbond substituents is 1. The van der Waals surface area contributed by atoms with Crippen molar-refractivity contribution in [3.05, 3.63) is 28.2 Å². The zero-order chi connectivity index (χ0) is 10.7. The number of aromatic hydroxyl groups is 1. The number of benzene rings is 1. The average Bonchev–Trinajstić information content (AvgIpc) is 2.24. The summed E-state index contributed by atoms with van der Waals surface area (Å²) in [7, 11) is 0. The molecule has 1 aliphatic carbocycles. The molecule has 15 heavy (non-hydrogen) atoms. The Labute approximate surface area is 99.6 Å². The molecule has 1 nitrogen and oxygen atoms in total. The molecule has 1 saturated carbocycles. The summed E-state index contributed by atoms with van der Waals surface area (Å²) in [6, 6.07) is 5.61. The molecule has 1 aliphatic rings. The van der Waals surface area contributed by atoms with Crippen LogP contribution in [-0.4, -0.2) is 5.11 Å². The van der Waals surface area contributed by atoms with Gasteiger partial charge in [0.2, 0.25) is 0 Å². The normalized spacial score (nSPS) is 17.9. The van der Waals surface area contributed by atoms with E-state index < -0.39 is 0 Å². The highest BCUT2D eigenvalue weighted by molar-refractivity contribution is 9.10. The van der Waals surface area contributed by atoms with E-state index >= 15 is 0 Å². The fraction of sp³-hybridized carbons (Fsp3) is 0.538. The fourth-order valence-corrected chi connectivity index (χ4v) is 2.93. The molecular weight excluding hydrogens is 252 g/mol. The molecule has 0 atom stereocenters. The summed E-state index contributed by atoms with van der Waals surface area (Å²) in [6.07, 6.45) is 8.08. The highest BCUT2D eigenvalue weighted by atomic mass is 79.9. The van der Waals surface area contributed by atoms with E-state index in [1.54, 1.807) is 12.1 Å². The summed E-state index contributed by atoms with van der Waals surface area (Å²) in [6.45, 7) is 0. The highest BCUT2D eigenvalue weighted by Crippen LogP contribution is 2.30. The zero-order valence-electron chi connectivity index (χ0n) is 8.88. The first kappa shape index (κ1) is 11.0. The maximum atomic E-state index is 9.31. The molecule has 0 amide bonds. The van der Waals surface area contributed by atoms with Gasteiger partial charge in [0.1, 0.15) is 5.75 Å². The van der Waals surface area contributed by atoms with Gasteiger partial charge in [0, 0.05) is 4.47 Å². The Morgan fingerprint density at radius 1 is 1.20 bits per heavy atom. The van der Waals surface area contributed by atoms with Crippen molar-refractivity contribution in [1.82, 2.24) is 0 Å². The molecule has 82 valence electrons. The smallest absolute Gasteiger partial charge is 0.116 e. The van der Waals surface area contributed by atoms with Crippen LogP contribution in [0.2, 0.25) is 0 Å². The summed E-state index contributed by atoms with van der Waals surface area (Å²) >= 11 is 3.51. The van der Waals surface area contributed by atoms with Crippen LogP contribution in [0, 0.1) is 5.92 Å². The quantitative estimate of drug-likeness (QED) is 0.849. The third-order valence-electron chi connectivity index (χ3n) is 3.27. The van der Waals surface area contributed by atoms with E-state index in [4.69, 9.17) is 0 Å². The summed E-state index contributed by atoms with van der Waals surface area (Å²) in [5.74, 6) is 1.19. The van der Waals surface area contributed by atoms with Crippen molar-refractivity contribution < 1.29 is 5.11 Å². The Balaban J connectivity index is 2.03. The molecule has 0 spiro atoms. The van der Waals surface area contributed by atoms with Crippen molar-refractivity contribution in [3.8, 4) is 5.75 Å². The van der Waals surface area contributed by atoms with Crippen molar-refractivity contribution in [2.45, 2.75) is 38.5 Å². The van der Waals surface area contributed by atoms with Crippen LogP contribution in [0.4, 0.5) is 0 Å². The predicted octanol–water partition coefficient (Wildman–Crippen LogP) is 4.28. The minimum Gasteiger partial charge on any atom is -0.508 e. The van der Waals surface area contributed by atoms with Gasteiger partial charge in [-0.25, -0.2) is 0 Å². The summed E-state index contributed by atoms with van der Waals surface area (Å²) in [4.78, 5) is 0. The van der Waals surface area contributed by atoms with E-state index in [0.29, 0.717) is 5.75 Å². The van der Waals surface area contributed by atoms with Gasteiger partial charge in [0.05, 0.1) is 0 Å². The van der Waals surface area contributed by atoms with Gasteiger partial charge < -0.3 is 5.11 Å². The molecular formula is C13H17BrO. The monoisotopic (exact) mass is 268 g/mol. The van der Waals surface area contributed by atoms with Gasteiger partial charge in [-0.1, -0.05) is 54.1 Å². The standard InChI is InChI=1S/C13H17BrO/c14-13-9-12(15)7-6-11(13)8-10-4-2-1-3-5-10/h6-7,9-10,15H,1-5,8H2. The molecule has 0 saturated heterocycles. The van der Waals surface area contributed by atoms with Crippen molar-refractivity contribution in [2.75, 3.05) is 0 Å². The Morgan fingerprint density at radius 3 is 2.60 bits per heavy atom. The van der Waals surface area contributed by atoms with Crippen molar-refractivity contribution in [2.24, 2.45) is 5.92 Å². The van der Waals surface area contributed by atoms with Gasteiger partial charge in [-0.15, -0.1) is 0 Å². The minimum atomic E-state index is 0.342. The van der Waals surface area contributed by atoms with Gasteiger partial charge >= 0.3 is 0 Å². The van der Waals surface area contributed by atoms with Crippen LogP contribution in [0.15, 0.2) is 22.7 Å². The summed E-state index contributed by atoms with van der Waals surface area (Å²) in [5.41, 5.74) is 1.33. The molecule has 2 rings (SSSR count). The molecule has 2 heteroatoms. The zero-order valence-corrected chi connectivity index (χ0v) is 10.5.